The van der Waals surface area contributed by atoms with Gasteiger partial charge in [-0.3, -0.25) is 9.59 Å². The second-order valence-electron chi connectivity index (χ2n) is 8.14. The van der Waals surface area contributed by atoms with Crippen LogP contribution in [0.2, 0.25) is 0 Å². The third-order valence-corrected chi connectivity index (χ3v) is 5.76. The minimum absolute atomic E-state index is 0. The van der Waals surface area contributed by atoms with E-state index in [4.69, 9.17) is 5.73 Å². The molecule has 3 N–H and O–H groups in total. The van der Waals surface area contributed by atoms with E-state index in [2.05, 4.69) is 12.2 Å². The number of hydrogen-bond acceptors (Lipinski definition) is 3. The fraction of sp³-hybridized carbons (Fsp3) is 0.619. The number of anilines is 1. The lowest BCUT2D eigenvalue weighted by atomic mass is 9.85. The van der Waals surface area contributed by atoms with E-state index in [1.165, 1.54) is 6.42 Å². The summed E-state index contributed by atoms with van der Waals surface area (Å²) in [5, 5.41) is 3.03. The van der Waals surface area contributed by atoms with Crippen LogP contribution < -0.4 is 11.1 Å². The van der Waals surface area contributed by atoms with Gasteiger partial charge in [-0.25, -0.2) is 0 Å². The number of halogens is 1. The Balaban J connectivity index is 0.00000261. The molecule has 1 aromatic carbocycles. The normalized spacial score (nSPS) is 25.4. The molecule has 3 unspecified atom stereocenters. The molecule has 0 bridgehead atoms. The van der Waals surface area contributed by atoms with Crippen molar-refractivity contribution in [3.63, 3.8) is 0 Å². The maximum absolute atomic E-state index is 12.7. The van der Waals surface area contributed by atoms with Crippen LogP contribution in [0.25, 0.3) is 0 Å². The van der Waals surface area contributed by atoms with Crippen LogP contribution in [0.1, 0.15) is 61.4 Å². The van der Waals surface area contributed by atoms with E-state index in [9.17, 15) is 9.59 Å². The second-order valence-corrected chi connectivity index (χ2v) is 8.14. The first-order valence-electron chi connectivity index (χ1n) is 9.90. The molecule has 27 heavy (non-hydrogen) atoms. The highest BCUT2D eigenvalue weighted by molar-refractivity contribution is 5.97. The van der Waals surface area contributed by atoms with Gasteiger partial charge in [0.05, 0.1) is 0 Å². The fourth-order valence-electron chi connectivity index (χ4n) is 4.19. The minimum atomic E-state index is -0.00528. The standard InChI is InChI=1S/C21H31N3O2.ClH/c1-14-5-4-10-24(13-14)21(26)17-8-9-19(15(2)11-17)23-20(25)16-6-3-7-18(22)12-16;/h8-9,11,14,16,18H,3-7,10,12-13,22H2,1-2H3,(H,23,25);1H. The molecule has 1 heterocycles. The third kappa shape index (κ3) is 5.45. The smallest absolute Gasteiger partial charge is 0.253 e. The molecule has 5 nitrogen and oxygen atoms in total. The first-order valence-corrected chi connectivity index (χ1v) is 9.90. The number of nitrogens with zero attached hydrogens (tertiary/aromatic N) is 1. The maximum atomic E-state index is 12.7. The molecular weight excluding hydrogens is 362 g/mol. The number of likely N-dealkylation sites (tertiary alicyclic amines) is 1. The third-order valence-electron chi connectivity index (χ3n) is 5.76. The first-order chi connectivity index (χ1) is 12.4. The first kappa shape index (κ1) is 21.7. The zero-order valence-electron chi connectivity index (χ0n) is 16.4. The molecule has 0 aromatic heterocycles. The largest absolute Gasteiger partial charge is 0.338 e. The molecule has 1 saturated carbocycles. The highest BCUT2D eigenvalue weighted by atomic mass is 35.5. The van der Waals surface area contributed by atoms with Gasteiger partial charge in [-0.05, 0) is 68.7 Å². The Hall–Kier alpha value is -1.59. The van der Waals surface area contributed by atoms with E-state index in [0.29, 0.717) is 11.5 Å². The lowest BCUT2D eigenvalue weighted by Crippen LogP contribution is -2.39. The number of hydrogen-bond donors (Lipinski definition) is 2. The topological polar surface area (TPSA) is 75.4 Å². The van der Waals surface area contributed by atoms with Crippen molar-refractivity contribution in [2.24, 2.45) is 17.6 Å². The van der Waals surface area contributed by atoms with Gasteiger partial charge in [0.15, 0.2) is 0 Å². The summed E-state index contributed by atoms with van der Waals surface area (Å²) in [5.41, 5.74) is 8.42. The molecule has 2 amide bonds. The second kappa shape index (κ2) is 9.56. The predicted octanol–water partition coefficient (Wildman–Crippen LogP) is 3.74. The highest BCUT2D eigenvalue weighted by Gasteiger charge is 2.26. The minimum Gasteiger partial charge on any atom is -0.338 e. The van der Waals surface area contributed by atoms with Crippen LogP contribution in [0, 0.1) is 18.8 Å². The van der Waals surface area contributed by atoms with Crippen molar-refractivity contribution in [2.75, 3.05) is 18.4 Å². The maximum Gasteiger partial charge on any atom is 0.253 e. The van der Waals surface area contributed by atoms with Gasteiger partial charge in [0.25, 0.3) is 5.91 Å². The van der Waals surface area contributed by atoms with Crippen LogP contribution in [-0.2, 0) is 4.79 Å². The quantitative estimate of drug-likeness (QED) is 0.821. The summed E-state index contributed by atoms with van der Waals surface area (Å²) in [5.74, 6) is 0.700. The molecular formula is C21H32ClN3O2. The van der Waals surface area contributed by atoms with Crippen LogP contribution in [0.15, 0.2) is 18.2 Å². The number of carbonyl (C=O) groups excluding carboxylic acids is 2. The molecule has 6 heteroatoms. The van der Waals surface area contributed by atoms with E-state index in [1.54, 1.807) is 0 Å². The number of piperidine rings is 1. The number of nitrogens with one attached hydrogen (secondary N) is 1. The highest BCUT2D eigenvalue weighted by Crippen LogP contribution is 2.26. The van der Waals surface area contributed by atoms with E-state index < -0.39 is 0 Å². The molecule has 150 valence electrons. The van der Waals surface area contributed by atoms with Gasteiger partial charge in [-0.2, -0.15) is 0 Å². The number of aryl methyl sites for hydroxylation is 1. The van der Waals surface area contributed by atoms with E-state index in [-0.39, 0.29) is 36.2 Å². The van der Waals surface area contributed by atoms with Crippen molar-refractivity contribution in [3.8, 4) is 0 Å². The van der Waals surface area contributed by atoms with Crippen LogP contribution in [0.4, 0.5) is 5.69 Å². The van der Waals surface area contributed by atoms with Gasteiger partial charge in [0.1, 0.15) is 0 Å². The van der Waals surface area contributed by atoms with Gasteiger partial charge in [0, 0.05) is 36.3 Å². The summed E-state index contributed by atoms with van der Waals surface area (Å²) in [6.45, 7) is 5.80. The Morgan fingerprint density at radius 1 is 1.19 bits per heavy atom. The van der Waals surface area contributed by atoms with Gasteiger partial charge in [-0.1, -0.05) is 13.3 Å². The zero-order valence-corrected chi connectivity index (χ0v) is 17.2. The van der Waals surface area contributed by atoms with Gasteiger partial charge in [0.2, 0.25) is 5.91 Å². The summed E-state index contributed by atoms with van der Waals surface area (Å²) in [6, 6.07) is 5.71. The Morgan fingerprint density at radius 2 is 1.96 bits per heavy atom. The lowest BCUT2D eigenvalue weighted by Gasteiger charge is -2.31. The van der Waals surface area contributed by atoms with Crippen molar-refractivity contribution in [3.05, 3.63) is 29.3 Å². The van der Waals surface area contributed by atoms with Crippen LogP contribution >= 0.6 is 12.4 Å². The lowest BCUT2D eigenvalue weighted by molar-refractivity contribution is -0.120. The average Bonchev–Trinajstić information content (AvgIpc) is 2.62. The molecule has 1 aliphatic heterocycles. The van der Waals surface area contributed by atoms with Gasteiger partial charge < -0.3 is 16.0 Å². The Labute approximate surface area is 168 Å². The molecule has 3 rings (SSSR count). The van der Waals surface area contributed by atoms with Gasteiger partial charge in [-0.15, -0.1) is 12.4 Å². The number of benzene rings is 1. The van der Waals surface area contributed by atoms with Crippen LogP contribution in [0.3, 0.4) is 0 Å². The summed E-state index contributed by atoms with van der Waals surface area (Å²) >= 11 is 0. The Kier molecular flexibility index (Phi) is 7.68. The van der Waals surface area contributed by atoms with Crippen molar-refractivity contribution in [1.82, 2.24) is 4.90 Å². The monoisotopic (exact) mass is 393 g/mol. The Morgan fingerprint density at radius 3 is 2.63 bits per heavy atom. The number of carbonyl (C=O) groups is 2. The van der Waals surface area contributed by atoms with Crippen LogP contribution in [0.5, 0.6) is 0 Å². The molecule has 2 fully saturated rings. The van der Waals surface area contributed by atoms with Crippen LogP contribution in [-0.4, -0.2) is 35.8 Å². The Bertz CT molecular complexity index is 679. The molecule has 0 spiro atoms. The van der Waals surface area contributed by atoms with Crippen molar-refractivity contribution >= 4 is 29.9 Å². The average molecular weight is 394 g/mol. The number of amides is 2. The molecule has 3 atom stereocenters. The van der Waals surface area contributed by atoms with Crippen molar-refractivity contribution in [2.45, 2.75) is 58.4 Å². The van der Waals surface area contributed by atoms with Gasteiger partial charge >= 0.3 is 0 Å². The molecule has 1 saturated heterocycles. The molecule has 1 aromatic rings. The zero-order chi connectivity index (χ0) is 18.7. The number of rotatable bonds is 3. The van der Waals surface area contributed by atoms with Crippen molar-refractivity contribution < 1.29 is 9.59 Å². The molecule has 1 aliphatic carbocycles. The SMILES string of the molecule is Cc1cc(C(=O)N2CCCC(C)C2)ccc1NC(=O)C1CCCC(N)C1.Cl. The molecule has 0 radical (unpaired) electrons. The summed E-state index contributed by atoms with van der Waals surface area (Å²) < 4.78 is 0. The number of nitrogens with two attached hydrogens (primary N) is 1. The van der Waals surface area contributed by atoms with E-state index in [0.717, 1.165) is 56.4 Å². The fourth-order valence-corrected chi connectivity index (χ4v) is 4.19. The molecule has 2 aliphatic rings. The summed E-state index contributed by atoms with van der Waals surface area (Å²) in [4.78, 5) is 27.2. The van der Waals surface area contributed by atoms with Crippen molar-refractivity contribution in [1.29, 1.82) is 0 Å². The van der Waals surface area contributed by atoms with E-state index in [1.807, 2.05) is 30.0 Å². The summed E-state index contributed by atoms with van der Waals surface area (Å²) in [6.07, 6.45) is 5.95. The predicted molar refractivity (Wildman–Crippen MR) is 111 cm³/mol. The van der Waals surface area contributed by atoms with E-state index >= 15 is 0 Å². The summed E-state index contributed by atoms with van der Waals surface area (Å²) in [7, 11) is 0.